The Labute approximate surface area is 194 Å². The van der Waals surface area contributed by atoms with Gasteiger partial charge in [0.15, 0.2) is 11.5 Å². The van der Waals surface area contributed by atoms with Crippen LogP contribution >= 0.6 is 0 Å². The predicted octanol–water partition coefficient (Wildman–Crippen LogP) is 3.61. The molecule has 0 spiro atoms. The fourth-order valence-corrected chi connectivity index (χ4v) is 4.07. The Balaban J connectivity index is 1.45. The van der Waals surface area contributed by atoms with Gasteiger partial charge in [-0.3, -0.25) is 14.5 Å². The zero-order valence-corrected chi connectivity index (χ0v) is 18.2. The summed E-state index contributed by atoms with van der Waals surface area (Å²) in [6.45, 7) is 0.305. The molecule has 2 aliphatic heterocycles. The van der Waals surface area contributed by atoms with Crippen molar-refractivity contribution in [2.75, 3.05) is 7.11 Å². The maximum Gasteiger partial charge on any atom is 0.337 e. The van der Waals surface area contributed by atoms with Gasteiger partial charge < -0.3 is 14.2 Å². The molecule has 0 unspecified atom stereocenters. The van der Waals surface area contributed by atoms with Crippen LogP contribution in [-0.4, -0.2) is 29.8 Å². The number of carbonyl (C=O) groups excluding carboxylic acids is 3. The van der Waals surface area contributed by atoms with Crippen LogP contribution in [-0.2, 0) is 24.5 Å². The molecule has 3 aromatic carbocycles. The first-order chi connectivity index (χ1) is 16.5. The van der Waals surface area contributed by atoms with Crippen molar-refractivity contribution in [1.29, 1.82) is 5.26 Å². The third-order valence-corrected chi connectivity index (χ3v) is 5.89. The van der Waals surface area contributed by atoms with Crippen molar-refractivity contribution in [3.05, 3.63) is 93.5 Å². The van der Waals surface area contributed by atoms with Crippen LogP contribution in [0.15, 0.2) is 54.6 Å². The van der Waals surface area contributed by atoms with Gasteiger partial charge in [0.2, 0.25) is 0 Å². The van der Waals surface area contributed by atoms with Crippen LogP contribution in [0.5, 0.6) is 11.5 Å². The number of carbonyl (C=O) groups is 3. The highest BCUT2D eigenvalue weighted by atomic mass is 16.5. The summed E-state index contributed by atoms with van der Waals surface area (Å²) >= 11 is 0. The van der Waals surface area contributed by atoms with Gasteiger partial charge in [-0.2, -0.15) is 5.26 Å². The van der Waals surface area contributed by atoms with E-state index in [9.17, 15) is 19.6 Å². The van der Waals surface area contributed by atoms with Gasteiger partial charge in [0.05, 0.1) is 42.0 Å². The molecule has 0 aromatic heterocycles. The number of methoxy groups -OCH3 is 1. The summed E-state index contributed by atoms with van der Waals surface area (Å²) in [6.07, 6.45) is 0. The Morgan fingerprint density at radius 1 is 0.971 bits per heavy atom. The highest BCUT2D eigenvalue weighted by molar-refractivity contribution is 6.21. The molecule has 3 aromatic rings. The third-order valence-electron chi connectivity index (χ3n) is 5.89. The number of nitriles is 1. The summed E-state index contributed by atoms with van der Waals surface area (Å²) in [5.41, 5.74) is 3.43. The molecular formula is C26H18N2O6. The summed E-state index contributed by atoms with van der Waals surface area (Å²) in [5, 5.41) is 9.71. The van der Waals surface area contributed by atoms with Gasteiger partial charge in [0.25, 0.3) is 11.8 Å². The van der Waals surface area contributed by atoms with Crippen LogP contribution in [0, 0.1) is 11.3 Å². The SMILES string of the molecule is COC(=O)c1ccc2c(c1)COc1cc(CN3C(=O)c4ccccc4C3=O)c(C#N)cc1OC2. The Hall–Kier alpha value is -4.64. The second kappa shape index (κ2) is 8.37. The van der Waals surface area contributed by atoms with Crippen LogP contribution in [0.2, 0.25) is 0 Å². The molecule has 34 heavy (non-hydrogen) atoms. The molecule has 8 heteroatoms. The van der Waals surface area contributed by atoms with Crippen LogP contribution in [0.1, 0.15) is 53.3 Å². The molecule has 0 radical (unpaired) electrons. The minimum atomic E-state index is -0.451. The first-order valence-corrected chi connectivity index (χ1v) is 10.5. The van der Waals surface area contributed by atoms with Gasteiger partial charge in [-0.1, -0.05) is 18.2 Å². The quantitative estimate of drug-likeness (QED) is 0.440. The molecule has 5 rings (SSSR count). The highest BCUT2D eigenvalue weighted by Crippen LogP contribution is 2.36. The van der Waals surface area contributed by atoms with E-state index in [2.05, 4.69) is 6.07 Å². The highest BCUT2D eigenvalue weighted by Gasteiger charge is 2.35. The fraction of sp³-hybridized carbons (Fsp3) is 0.154. The number of esters is 1. The molecule has 168 valence electrons. The van der Waals surface area contributed by atoms with Crippen molar-refractivity contribution < 1.29 is 28.6 Å². The molecule has 0 atom stereocenters. The topological polar surface area (TPSA) is 106 Å². The van der Waals surface area contributed by atoms with E-state index >= 15 is 0 Å². The minimum absolute atomic E-state index is 0.0744. The fourth-order valence-electron chi connectivity index (χ4n) is 4.07. The van der Waals surface area contributed by atoms with E-state index in [0.29, 0.717) is 33.8 Å². The smallest absolute Gasteiger partial charge is 0.337 e. The third kappa shape index (κ3) is 3.53. The normalized spacial score (nSPS) is 13.9. The molecule has 0 saturated heterocycles. The Morgan fingerprint density at radius 3 is 2.26 bits per heavy atom. The van der Waals surface area contributed by atoms with Crippen molar-refractivity contribution in [2.45, 2.75) is 19.8 Å². The number of fused-ring (bicyclic) bond motifs is 3. The van der Waals surface area contributed by atoms with Gasteiger partial charge in [-0.25, -0.2) is 4.79 Å². The van der Waals surface area contributed by atoms with Crippen molar-refractivity contribution in [2.24, 2.45) is 0 Å². The van der Waals surface area contributed by atoms with E-state index < -0.39 is 17.8 Å². The molecule has 8 nitrogen and oxygen atoms in total. The lowest BCUT2D eigenvalue weighted by Gasteiger charge is -2.22. The van der Waals surface area contributed by atoms with Crippen LogP contribution in [0.3, 0.4) is 0 Å². The van der Waals surface area contributed by atoms with Crippen LogP contribution in [0.25, 0.3) is 0 Å². The largest absolute Gasteiger partial charge is 0.485 e. The van der Waals surface area contributed by atoms with Gasteiger partial charge in [0.1, 0.15) is 13.2 Å². The van der Waals surface area contributed by atoms with E-state index in [-0.39, 0.29) is 25.3 Å². The van der Waals surface area contributed by atoms with E-state index in [1.807, 2.05) is 0 Å². The number of nitrogens with zero attached hydrogens (tertiary/aromatic N) is 2. The van der Waals surface area contributed by atoms with E-state index in [4.69, 9.17) is 14.2 Å². The molecule has 0 fully saturated rings. The standard InChI is InChI=1S/C26H18N2O6/c1-32-26(31)15-6-7-16-13-33-22-9-17(11-27)18(10-23(22)34-14-19(16)8-15)12-28-24(29)20-4-2-3-5-21(20)25(28)30/h2-10H,12-14H2,1H3. The van der Waals surface area contributed by atoms with Crippen LogP contribution in [0.4, 0.5) is 0 Å². The maximum atomic E-state index is 12.8. The van der Waals surface area contributed by atoms with E-state index in [0.717, 1.165) is 16.0 Å². The van der Waals surface area contributed by atoms with Gasteiger partial charge >= 0.3 is 5.97 Å². The Bertz CT molecular complexity index is 1370. The van der Waals surface area contributed by atoms with Crippen molar-refractivity contribution in [3.8, 4) is 17.6 Å². The van der Waals surface area contributed by atoms with Gasteiger partial charge in [-0.05, 0) is 47.0 Å². The zero-order valence-electron chi connectivity index (χ0n) is 18.2. The monoisotopic (exact) mass is 454 g/mol. The molecule has 2 amide bonds. The summed E-state index contributed by atoms with van der Waals surface area (Å²) in [4.78, 5) is 38.6. The lowest BCUT2D eigenvalue weighted by Crippen LogP contribution is -2.29. The van der Waals surface area contributed by atoms with Crippen molar-refractivity contribution >= 4 is 17.8 Å². The van der Waals surface area contributed by atoms with Gasteiger partial charge in [-0.15, -0.1) is 0 Å². The Morgan fingerprint density at radius 2 is 1.62 bits per heavy atom. The second-order valence-corrected chi connectivity index (χ2v) is 7.86. The molecule has 0 N–H and O–H groups in total. The Kier molecular flexibility index (Phi) is 5.22. The summed E-state index contributed by atoms with van der Waals surface area (Å²) in [7, 11) is 1.32. The summed E-state index contributed by atoms with van der Waals surface area (Å²) < 4.78 is 16.7. The van der Waals surface area contributed by atoms with Crippen LogP contribution < -0.4 is 9.47 Å². The summed E-state index contributed by atoms with van der Waals surface area (Å²) in [6, 6.07) is 17.0. The first-order valence-electron chi connectivity index (χ1n) is 10.5. The van der Waals surface area contributed by atoms with E-state index in [1.165, 1.54) is 7.11 Å². The van der Waals surface area contributed by atoms with Crippen molar-refractivity contribution in [3.63, 3.8) is 0 Å². The number of rotatable bonds is 3. The molecule has 0 saturated carbocycles. The molecule has 0 aliphatic carbocycles. The average Bonchev–Trinajstić information content (AvgIpc) is 3.10. The molecule has 2 aliphatic rings. The second-order valence-electron chi connectivity index (χ2n) is 7.86. The van der Waals surface area contributed by atoms with E-state index in [1.54, 1.807) is 54.6 Å². The number of hydrogen-bond acceptors (Lipinski definition) is 7. The molecule has 2 heterocycles. The summed E-state index contributed by atoms with van der Waals surface area (Å²) in [5.74, 6) is -0.506. The minimum Gasteiger partial charge on any atom is -0.485 e. The number of amides is 2. The van der Waals surface area contributed by atoms with Crippen molar-refractivity contribution in [1.82, 2.24) is 4.90 Å². The lowest BCUT2D eigenvalue weighted by atomic mass is 10.0. The average molecular weight is 454 g/mol. The van der Waals surface area contributed by atoms with Gasteiger partial charge in [0, 0.05) is 6.07 Å². The predicted molar refractivity (Wildman–Crippen MR) is 118 cm³/mol. The number of benzene rings is 3. The number of ether oxygens (including phenoxy) is 3. The zero-order chi connectivity index (χ0) is 23.8. The first kappa shape index (κ1) is 21.2. The number of imide groups is 1. The molecule has 0 bridgehead atoms. The lowest BCUT2D eigenvalue weighted by molar-refractivity contribution is 0.0597. The molecular weight excluding hydrogens is 436 g/mol. The number of hydrogen-bond donors (Lipinski definition) is 0. The maximum absolute atomic E-state index is 12.8.